The molecule has 9 nitrogen and oxygen atoms in total. The summed E-state index contributed by atoms with van der Waals surface area (Å²) in [5.41, 5.74) is 1.51. The van der Waals surface area contributed by atoms with Crippen LogP contribution >= 0.6 is 11.8 Å². The number of nitrogens with two attached hydrogens (primary N) is 1. The number of nitrogens with zero attached hydrogens (tertiary/aromatic N) is 4. The molecule has 1 fully saturated rings. The zero-order valence-electron chi connectivity index (χ0n) is 25.6. The monoisotopic (exact) mass is 655 g/mol. The van der Waals surface area contributed by atoms with E-state index in [2.05, 4.69) is 4.98 Å². The molecule has 45 heavy (non-hydrogen) atoms. The summed E-state index contributed by atoms with van der Waals surface area (Å²) in [6.07, 6.45) is -6.11. The Kier molecular flexibility index (Phi) is 8.49. The van der Waals surface area contributed by atoms with Crippen LogP contribution in [0, 0.1) is 11.6 Å². The van der Waals surface area contributed by atoms with Gasteiger partial charge < -0.3 is 20.1 Å². The van der Waals surface area contributed by atoms with E-state index in [-0.39, 0.29) is 47.0 Å². The van der Waals surface area contributed by atoms with Crippen LogP contribution < -0.4 is 16.3 Å². The number of halogens is 5. The van der Waals surface area contributed by atoms with E-state index in [9.17, 15) is 27.2 Å². The number of rotatable bonds is 3. The molecular formula is C30H34F5N5O4S. The minimum absolute atomic E-state index is 0.00245. The van der Waals surface area contributed by atoms with Crippen LogP contribution in [0.1, 0.15) is 40.2 Å². The molecule has 2 aromatic carbocycles. The zero-order valence-corrected chi connectivity index (χ0v) is 26.4. The van der Waals surface area contributed by atoms with E-state index in [0.717, 1.165) is 23.9 Å². The largest absolute Gasteiger partial charge is 0.444 e. The van der Waals surface area contributed by atoms with Gasteiger partial charge in [-0.1, -0.05) is 0 Å². The molecular weight excluding hydrogens is 621 g/mol. The number of anilines is 2. The zero-order chi connectivity index (χ0) is 33.2. The lowest BCUT2D eigenvalue weighted by Gasteiger charge is -2.45. The van der Waals surface area contributed by atoms with Gasteiger partial charge in [-0.2, -0.15) is 18.2 Å². The highest BCUT2D eigenvalue weighted by Crippen LogP contribution is 2.49. The van der Waals surface area contributed by atoms with Crippen molar-refractivity contribution in [1.82, 2.24) is 14.5 Å². The molecule has 0 spiro atoms. The van der Waals surface area contributed by atoms with Crippen molar-refractivity contribution >= 4 is 40.3 Å². The van der Waals surface area contributed by atoms with Gasteiger partial charge in [-0.25, -0.2) is 18.4 Å². The van der Waals surface area contributed by atoms with E-state index in [4.69, 9.17) is 15.2 Å². The molecule has 2 aliphatic heterocycles. The second-order valence-electron chi connectivity index (χ2n) is 12.4. The Labute approximate surface area is 260 Å². The fourth-order valence-corrected chi connectivity index (χ4v) is 7.25. The smallest absolute Gasteiger partial charge is 0.417 e. The molecule has 0 bridgehead atoms. The van der Waals surface area contributed by atoms with Crippen molar-refractivity contribution in [2.24, 2.45) is 0 Å². The highest BCUT2D eigenvalue weighted by molar-refractivity contribution is 7.99. The number of amides is 1. The summed E-state index contributed by atoms with van der Waals surface area (Å²) in [7, 11) is 1.42. The molecule has 15 heteroatoms. The second-order valence-corrected chi connectivity index (χ2v) is 13.4. The molecule has 5 rings (SSSR count). The van der Waals surface area contributed by atoms with Gasteiger partial charge in [0.15, 0.2) is 0 Å². The highest BCUT2D eigenvalue weighted by Gasteiger charge is 2.41. The number of ether oxygens (including phenoxy) is 2. The first kappa shape index (κ1) is 32.8. The van der Waals surface area contributed by atoms with Gasteiger partial charge in [0.1, 0.15) is 23.1 Å². The number of alkyl halides is 3. The number of benzene rings is 2. The summed E-state index contributed by atoms with van der Waals surface area (Å²) in [6, 6.07) is 1.22. The van der Waals surface area contributed by atoms with E-state index >= 15 is 4.39 Å². The van der Waals surface area contributed by atoms with Crippen LogP contribution in [0.15, 0.2) is 27.9 Å². The maximum absolute atomic E-state index is 15.3. The number of aromatic nitrogens is 2. The van der Waals surface area contributed by atoms with Gasteiger partial charge in [-0.05, 0) is 46.8 Å². The van der Waals surface area contributed by atoms with Gasteiger partial charge in [0, 0.05) is 53.4 Å². The number of carbonyl (C=O) groups is 1. The van der Waals surface area contributed by atoms with Crippen molar-refractivity contribution in [3.8, 4) is 11.1 Å². The maximum Gasteiger partial charge on any atom is 0.417 e. The summed E-state index contributed by atoms with van der Waals surface area (Å²) in [4.78, 5) is 34.1. The number of piperazine rings is 1. The number of hydrogen-bond donors (Lipinski definition) is 1. The second kappa shape index (κ2) is 11.6. The van der Waals surface area contributed by atoms with Gasteiger partial charge in [0.25, 0.3) is 0 Å². The van der Waals surface area contributed by atoms with Gasteiger partial charge in [-0.15, -0.1) is 11.8 Å². The number of methoxy groups -OCH3 is 1. The molecule has 1 saturated heterocycles. The van der Waals surface area contributed by atoms with E-state index in [1.165, 1.54) is 11.7 Å². The fraction of sp³-hybridized carbons (Fsp3) is 0.500. The Balaban J connectivity index is 1.77. The summed E-state index contributed by atoms with van der Waals surface area (Å²) in [6.45, 7) is 9.06. The predicted molar refractivity (Wildman–Crippen MR) is 162 cm³/mol. The van der Waals surface area contributed by atoms with Gasteiger partial charge in [0.2, 0.25) is 0 Å². The molecule has 0 saturated carbocycles. The molecule has 3 atom stereocenters. The van der Waals surface area contributed by atoms with Crippen LogP contribution in [-0.4, -0.2) is 70.3 Å². The molecule has 1 amide bonds. The van der Waals surface area contributed by atoms with Crippen molar-refractivity contribution in [2.75, 3.05) is 36.6 Å². The van der Waals surface area contributed by atoms with Crippen LogP contribution in [0.25, 0.3) is 22.0 Å². The van der Waals surface area contributed by atoms with Crippen molar-refractivity contribution in [1.29, 1.82) is 0 Å². The SMILES string of the molecule is CO[C@@H]1CSc2c(-c3cc(N)c(F)cc3F)c(C(F)(F)F)cc3c(N4C[C@@H](C)N(C(=O)OC(C)(C)C)[C@@H](C)C4)nc(=O)n(c23)C1. The molecule has 3 heterocycles. The average Bonchev–Trinajstić information content (AvgIpc) is 3.11. The van der Waals surface area contributed by atoms with E-state index in [1.807, 2.05) is 0 Å². The Morgan fingerprint density at radius 2 is 1.69 bits per heavy atom. The minimum Gasteiger partial charge on any atom is -0.444 e. The lowest BCUT2D eigenvalue weighted by atomic mass is 9.95. The molecule has 2 N–H and O–H groups in total. The van der Waals surface area contributed by atoms with E-state index < -0.39 is 75.8 Å². The predicted octanol–water partition coefficient (Wildman–Crippen LogP) is 5.90. The Bertz CT molecular complexity index is 1710. The van der Waals surface area contributed by atoms with Gasteiger partial charge >= 0.3 is 18.0 Å². The van der Waals surface area contributed by atoms with Gasteiger partial charge in [0.05, 0.1) is 41.5 Å². The molecule has 0 radical (unpaired) electrons. The normalized spacial score (nSPS) is 20.8. The summed E-state index contributed by atoms with van der Waals surface area (Å²) < 4.78 is 86.3. The topological polar surface area (TPSA) is 103 Å². The number of nitrogen functional groups attached to an aromatic ring is 1. The van der Waals surface area contributed by atoms with Crippen molar-refractivity contribution in [3.63, 3.8) is 0 Å². The van der Waals surface area contributed by atoms with Crippen LogP contribution in [0.5, 0.6) is 0 Å². The summed E-state index contributed by atoms with van der Waals surface area (Å²) in [5.74, 6) is -2.21. The van der Waals surface area contributed by atoms with E-state index in [1.54, 1.807) is 44.4 Å². The fourth-order valence-electron chi connectivity index (χ4n) is 5.94. The van der Waals surface area contributed by atoms with Crippen molar-refractivity contribution in [2.45, 2.75) is 76.0 Å². The number of hydrogen-bond acceptors (Lipinski definition) is 8. The Morgan fingerprint density at radius 1 is 1.04 bits per heavy atom. The average molecular weight is 656 g/mol. The van der Waals surface area contributed by atoms with Crippen LogP contribution in [0.3, 0.4) is 0 Å². The quantitative estimate of drug-likeness (QED) is 0.275. The van der Waals surface area contributed by atoms with Crippen LogP contribution in [0.2, 0.25) is 0 Å². The lowest BCUT2D eigenvalue weighted by Crippen LogP contribution is -2.59. The highest BCUT2D eigenvalue weighted by atomic mass is 32.2. The first-order chi connectivity index (χ1) is 20.9. The molecule has 2 aliphatic rings. The standard InChI is InChI=1S/C30H34F5N5O4S/c1-14-10-38(11-15(2)40(14)28(42)44-29(3,4)5)26-18-7-19(30(33,34)35)23(17-8-22(36)21(32)9-20(17)31)25-24(18)39(27(41)37-26)12-16(43-6)13-45-25/h7-9,14-16H,10-13,36H2,1-6H3/t14-,15+,16-/m0/s1. The summed E-state index contributed by atoms with van der Waals surface area (Å²) >= 11 is 0.978. The molecule has 3 aromatic rings. The third-order valence-corrected chi connectivity index (χ3v) is 9.04. The van der Waals surface area contributed by atoms with E-state index in [0.29, 0.717) is 6.07 Å². The van der Waals surface area contributed by atoms with Crippen LogP contribution in [0.4, 0.5) is 38.3 Å². The molecule has 0 unspecified atom stereocenters. The first-order valence-corrected chi connectivity index (χ1v) is 15.2. The van der Waals surface area contributed by atoms with Gasteiger partial charge in [-0.3, -0.25) is 9.47 Å². The molecule has 1 aromatic heterocycles. The summed E-state index contributed by atoms with van der Waals surface area (Å²) in [5, 5.41) is 0.0190. The third kappa shape index (κ3) is 6.16. The van der Waals surface area contributed by atoms with Crippen molar-refractivity contribution in [3.05, 3.63) is 45.9 Å². The number of thioether (sulfide) groups is 1. The Morgan fingerprint density at radius 3 is 2.27 bits per heavy atom. The minimum atomic E-state index is -4.99. The molecule has 244 valence electrons. The van der Waals surface area contributed by atoms with Crippen molar-refractivity contribution < 1.29 is 36.2 Å². The third-order valence-electron chi connectivity index (χ3n) is 7.82. The molecule has 0 aliphatic carbocycles. The maximum atomic E-state index is 15.3. The first-order valence-electron chi connectivity index (χ1n) is 14.3. The number of carbonyl (C=O) groups excluding carboxylic acids is 1. The van der Waals surface area contributed by atoms with Crippen LogP contribution in [-0.2, 0) is 22.2 Å². The lowest BCUT2D eigenvalue weighted by molar-refractivity contribution is -0.137. The Hall–Kier alpha value is -3.59.